The van der Waals surface area contributed by atoms with Gasteiger partial charge in [0.05, 0.1) is 23.8 Å². The van der Waals surface area contributed by atoms with Gasteiger partial charge in [-0.3, -0.25) is 9.36 Å². The second-order valence-corrected chi connectivity index (χ2v) is 9.28. The highest BCUT2D eigenvalue weighted by atomic mass is 32.1. The molecule has 1 heterocycles. The number of carbonyl (C=O) groups is 1. The molecule has 0 fully saturated rings. The van der Waals surface area contributed by atoms with Crippen LogP contribution in [-0.2, 0) is 20.5 Å². The lowest BCUT2D eigenvalue weighted by molar-refractivity contribution is -0.105. The third-order valence-electron chi connectivity index (χ3n) is 3.53. The van der Waals surface area contributed by atoms with Crippen molar-refractivity contribution in [2.45, 2.75) is 19.4 Å². The number of aliphatic hydroxyl groups excluding tert-OH is 1. The maximum atomic E-state index is 12.3. The maximum absolute atomic E-state index is 12.3. The molecule has 5 nitrogen and oxygen atoms in total. The van der Waals surface area contributed by atoms with Gasteiger partial charge in [-0.25, -0.2) is 0 Å². The standard InChI is InChI=1S/C17H22NO4PS/c1-3-22-23(2,21)11-13-5-4-6-14(8-7-13)16-9-15(18-12-20)17(10-19)24-16/h4-9,12,14,19H,3,10-11H2,1-2H3,(H,18,20). The van der Waals surface area contributed by atoms with E-state index in [0.29, 0.717) is 24.9 Å². The highest BCUT2D eigenvalue weighted by molar-refractivity contribution is 7.58. The minimum atomic E-state index is -2.62. The predicted molar refractivity (Wildman–Crippen MR) is 99.1 cm³/mol. The molecule has 0 saturated heterocycles. The summed E-state index contributed by atoms with van der Waals surface area (Å²) in [6.07, 6.45) is 10.9. The van der Waals surface area contributed by atoms with E-state index in [1.54, 1.807) is 6.66 Å². The Kier molecular flexibility index (Phi) is 6.75. The number of amides is 1. The first-order valence-electron chi connectivity index (χ1n) is 7.69. The van der Waals surface area contributed by atoms with Gasteiger partial charge in [0.1, 0.15) is 0 Å². The van der Waals surface area contributed by atoms with Gasteiger partial charge in [0.2, 0.25) is 13.8 Å². The molecule has 0 aliphatic heterocycles. The lowest BCUT2D eigenvalue weighted by Crippen LogP contribution is -1.96. The van der Waals surface area contributed by atoms with Crippen LogP contribution < -0.4 is 5.32 Å². The first-order chi connectivity index (χ1) is 11.5. The number of aliphatic hydroxyl groups is 1. The third kappa shape index (κ3) is 5.02. The van der Waals surface area contributed by atoms with Crippen LogP contribution in [0.4, 0.5) is 5.69 Å². The summed E-state index contributed by atoms with van der Waals surface area (Å²) >= 11 is 1.46. The zero-order chi connectivity index (χ0) is 17.6. The fourth-order valence-electron chi connectivity index (χ4n) is 2.51. The van der Waals surface area contributed by atoms with Crippen molar-refractivity contribution in [3.05, 3.63) is 51.8 Å². The van der Waals surface area contributed by atoms with Crippen molar-refractivity contribution in [1.29, 1.82) is 0 Å². The van der Waals surface area contributed by atoms with Gasteiger partial charge in [-0.05, 0) is 18.6 Å². The Morgan fingerprint density at radius 2 is 2.25 bits per heavy atom. The summed E-state index contributed by atoms with van der Waals surface area (Å²) in [6.45, 7) is 3.82. The normalized spacial score (nSPS) is 19.5. The minimum Gasteiger partial charge on any atom is -0.391 e. The van der Waals surface area contributed by atoms with Crippen LogP contribution in [0.3, 0.4) is 0 Å². The first kappa shape index (κ1) is 18.9. The molecule has 1 aliphatic carbocycles. The Bertz CT molecular complexity index is 720. The Morgan fingerprint density at radius 1 is 1.46 bits per heavy atom. The van der Waals surface area contributed by atoms with E-state index in [1.165, 1.54) is 11.3 Å². The van der Waals surface area contributed by atoms with E-state index in [9.17, 15) is 14.5 Å². The number of allylic oxidation sites excluding steroid dienone is 6. The van der Waals surface area contributed by atoms with Gasteiger partial charge < -0.3 is 14.9 Å². The molecule has 0 radical (unpaired) electrons. The van der Waals surface area contributed by atoms with E-state index in [1.807, 2.05) is 43.4 Å². The molecule has 130 valence electrons. The summed E-state index contributed by atoms with van der Waals surface area (Å²) < 4.78 is 17.7. The number of nitrogens with one attached hydrogen (secondary N) is 1. The lowest BCUT2D eigenvalue weighted by Gasteiger charge is -2.12. The number of rotatable bonds is 8. The van der Waals surface area contributed by atoms with E-state index >= 15 is 0 Å². The van der Waals surface area contributed by atoms with Crippen LogP contribution in [0.25, 0.3) is 0 Å². The number of hydrogen-bond donors (Lipinski definition) is 2. The van der Waals surface area contributed by atoms with Crippen LogP contribution in [0.2, 0.25) is 0 Å². The van der Waals surface area contributed by atoms with Crippen molar-refractivity contribution in [3.63, 3.8) is 0 Å². The number of anilines is 1. The first-order valence-corrected chi connectivity index (χ1v) is 10.8. The SMILES string of the molecule is CCOP(C)(=O)CC1=CC=CC(c2cc(NC=O)c(CO)s2)C=C1. The molecule has 1 aromatic heterocycles. The second kappa shape index (κ2) is 8.58. The van der Waals surface area contributed by atoms with Gasteiger partial charge >= 0.3 is 0 Å². The smallest absolute Gasteiger partial charge is 0.211 e. The summed E-state index contributed by atoms with van der Waals surface area (Å²) in [5.41, 5.74) is 1.60. The molecule has 1 amide bonds. The van der Waals surface area contributed by atoms with Crippen LogP contribution in [0.15, 0.2) is 42.0 Å². The monoisotopic (exact) mass is 367 g/mol. The van der Waals surface area contributed by atoms with Crippen molar-refractivity contribution in [2.75, 3.05) is 24.8 Å². The molecular weight excluding hydrogens is 345 g/mol. The summed E-state index contributed by atoms with van der Waals surface area (Å²) in [4.78, 5) is 12.4. The van der Waals surface area contributed by atoms with Crippen LogP contribution in [0.5, 0.6) is 0 Å². The Balaban J connectivity index is 2.15. The minimum absolute atomic E-state index is 0.0413. The fourth-order valence-corrected chi connectivity index (χ4v) is 5.07. The predicted octanol–water partition coefficient (Wildman–Crippen LogP) is 3.89. The Hall–Kier alpha value is -1.46. The van der Waals surface area contributed by atoms with Gasteiger partial charge in [0, 0.05) is 23.6 Å². The zero-order valence-corrected chi connectivity index (χ0v) is 15.5. The van der Waals surface area contributed by atoms with Gasteiger partial charge in [0.25, 0.3) is 0 Å². The maximum Gasteiger partial charge on any atom is 0.211 e. The Morgan fingerprint density at radius 3 is 2.92 bits per heavy atom. The third-order valence-corrected chi connectivity index (χ3v) is 6.50. The second-order valence-electron chi connectivity index (χ2n) is 5.51. The van der Waals surface area contributed by atoms with Crippen molar-refractivity contribution in [3.8, 4) is 0 Å². The quantitative estimate of drug-likeness (QED) is 0.540. The molecule has 24 heavy (non-hydrogen) atoms. The van der Waals surface area contributed by atoms with E-state index in [2.05, 4.69) is 5.32 Å². The molecule has 2 unspecified atom stereocenters. The molecule has 0 spiro atoms. The molecular formula is C17H22NO4PS. The van der Waals surface area contributed by atoms with E-state index in [-0.39, 0.29) is 12.5 Å². The van der Waals surface area contributed by atoms with Crippen molar-refractivity contribution < 1.29 is 19.0 Å². The van der Waals surface area contributed by atoms with Crippen molar-refractivity contribution >= 4 is 30.8 Å². The van der Waals surface area contributed by atoms with Gasteiger partial charge in [0.15, 0.2) is 0 Å². The highest BCUT2D eigenvalue weighted by Gasteiger charge is 2.18. The average Bonchev–Trinajstić information content (AvgIpc) is 2.79. The van der Waals surface area contributed by atoms with Crippen LogP contribution >= 0.6 is 18.7 Å². The van der Waals surface area contributed by atoms with E-state index < -0.39 is 7.37 Å². The fraction of sp³-hybridized carbons (Fsp3) is 0.353. The summed E-state index contributed by atoms with van der Waals surface area (Å²) in [5.74, 6) is 0.0413. The van der Waals surface area contributed by atoms with Crippen molar-refractivity contribution in [2.24, 2.45) is 0 Å². The van der Waals surface area contributed by atoms with Crippen LogP contribution in [0.1, 0.15) is 22.6 Å². The Labute approximate surface area is 146 Å². The summed E-state index contributed by atoms with van der Waals surface area (Å²) in [5, 5.41) is 12.0. The molecule has 7 heteroatoms. The van der Waals surface area contributed by atoms with Gasteiger partial charge in [-0.15, -0.1) is 11.3 Å². The van der Waals surface area contributed by atoms with Crippen molar-refractivity contribution in [1.82, 2.24) is 0 Å². The largest absolute Gasteiger partial charge is 0.391 e. The molecule has 0 aromatic carbocycles. The molecule has 2 atom stereocenters. The van der Waals surface area contributed by atoms with Gasteiger partial charge in [-0.1, -0.05) is 30.4 Å². The zero-order valence-electron chi connectivity index (χ0n) is 13.8. The summed E-state index contributed by atoms with van der Waals surface area (Å²) in [6, 6.07) is 1.87. The van der Waals surface area contributed by atoms with E-state index in [0.717, 1.165) is 15.3 Å². The summed E-state index contributed by atoms with van der Waals surface area (Å²) in [7, 11) is -2.62. The molecule has 0 bridgehead atoms. The molecule has 0 saturated carbocycles. The average molecular weight is 367 g/mol. The lowest BCUT2D eigenvalue weighted by atomic mass is 10.1. The number of hydrogen-bond acceptors (Lipinski definition) is 5. The topological polar surface area (TPSA) is 75.6 Å². The number of thiophene rings is 1. The van der Waals surface area contributed by atoms with Crippen LogP contribution in [0, 0.1) is 0 Å². The van der Waals surface area contributed by atoms with E-state index in [4.69, 9.17) is 4.52 Å². The number of carbonyl (C=O) groups excluding carboxylic acids is 1. The van der Waals surface area contributed by atoms with Gasteiger partial charge in [-0.2, -0.15) is 0 Å². The molecule has 2 rings (SSSR count). The molecule has 2 N–H and O–H groups in total. The molecule has 1 aromatic rings. The molecule has 1 aliphatic rings. The van der Waals surface area contributed by atoms with Crippen LogP contribution in [-0.4, -0.2) is 31.0 Å². The highest BCUT2D eigenvalue weighted by Crippen LogP contribution is 2.44.